The van der Waals surface area contributed by atoms with Crippen LogP contribution in [-0.4, -0.2) is 43.0 Å². The number of piperidine rings is 1. The maximum absolute atomic E-state index is 13.0. The number of ether oxygens (including phenoxy) is 1. The van der Waals surface area contributed by atoms with E-state index in [1.54, 1.807) is 4.90 Å². The standard InChI is InChI=1S/C23H27FN2O3/c1-16-3-8-21(17(2)15-16)29-14-11-25-22(27)18-9-12-26(13-10-18)23(28)19-4-6-20(24)7-5-19/h3-8,15,18H,9-14H2,1-2H3,(H,25,27). The molecule has 6 heteroatoms. The molecule has 1 fully saturated rings. The maximum Gasteiger partial charge on any atom is 0.253 e. The number of hydrogen-bond donors (Lipinski definition) is 1. The predicted octanol–water partition coefficient (Wildman–Crippen LogP) is 3.49. The molecular weight excluding hydrogens is 371 g/mol. The first-order chi connectivity index (χ1) is 13.9. The summed E-state index contributed by atoms with van der Waals surface area (Å²) in [6, 6.07) is 11.6. The molecule has 2 aromatic carbocycles. The number of nitrogens with one attached hydrogen (secondary N) is 1. The van der Waals surface area contributed by atoms with E-state index in [4.69, 9.17) is 4.74 Å². The fourth-order valence-corrected chi connectivity index (χ4v) is 3.56. The number of halogens is 1. The van der Waals surface area contributed by atoms with Gasteiger partial charge in [-0.05, 0) is 62.6 Å². The van der Waals surface area contributed by atoms with E-state index in [0.29, 0.717) is 44.6 Å². The van der Waals surface area contributed by atoms with Crippen LogP contribution >= 0.6 is 0 Å². The number of amides is 2. The van der Waals surface area contributed by atoms with Crippen molar-refractivity contribution < 1.29 is 18.7 Å². The molecule has 0 aromatic heterocycles. The lowest BCUT2D eigenvalue weighted by Gasteiger charge is -2.31. The molecule has 0 saturated carbocycles. The minimum atomic E-state index is -0.363. The molecule has 5 nitrogen and oxygen atoms in total. The van der Waals surface area contributed by atoms with Crippen molar-refractivity contribution in [2.75, 3.05) is 26.2 Å². The van der Waals surface area contributed by atoms with Gasteiger partial charge < -0.3 is 15.0 Å². The van der Waals surface area contributed by atoms with Gasteiger partial charge in [-0.2, -0.15) is 0 Å². The highest BCUT2D eigenvalue weighted by molar-refractivity contribution is 5.94. The molecular formula is C23H27FN2O3. The number of likely N-dealkylation sites (tertiary alicyclic amines) is 1. The summed E-state index contributed by atoms with van der Waals surface area (Å²) in [5, 5.41) is 2.93. The third-order valence-corrected chi connectivity index (χ3v) is 5.23. The molecule has 29 heavy (non-hydrogen) atoms. The second kappa shape index (κ2) is 9.54. The van der Waals surface area contributed by atoms with Gasteiger partial charge in [-0.3, -0.25) is 9.59 Å². The van der Waals surface area contributed by atoms with E-state index in [9.17, 15) is 14.0 Å². The third kappa shape index (κ3) is 5.56. The smallest absolute Gasteiger partial charge is 0.253 e. The van der Waals surface area contributed by atoms with Gasteiger partial charge in [-0.1, -0.05) is 17.7 Å². The van der Waals surface area contributed by atoms with Crippen LogP contribution in [0.4, 0.5) is 4.39 Å². The Kier molecular flexibility index (Phi) is 6.86. The van der Waals surface area contributed by atoms with E-state index in [1.807, 2.05) is 26.0 Å². The number of aryl methyl sites for hydroxylation is 2. The van der Waals surface area contributed by atoms with Crippen molar-refractivity contribution in [2.24, 2.45) is 5.92 Å². The molecule has 0 radical (unpaired) electrons. The second-order valence-corrected chi connectivity index (χ2v) is 7.48. The van der Waals surface area contributed by atoms with Crippen LogP contribution in [0.2, 0.25) is 0 Å². The van der Waals surface area contributed by atoms with Crippen LogP contribution in [-0.2, 0) is 4.79 Å². The highest BCUT2D eigenvalue weighted by Crippen LogP contribution is 2.20. The summed E-state index contributed by atoms with van der Waals surface area (Å²) in [4.78, 5) is 26.6. The summed E-state index contributed by atoms with van der Waals surface area (Å²) in [6.45, 7) is 5.94. The van der Waals surface area contributed by atoms with Crippen molar-refractivity contribution in [2.45, 2.75) is 26.7 Å². The normalized spacial score (nSPS) is 14.5. The molecule has 3 rings (SSSR count). The lowest BCUT2D eigenvalue weighted by Crippen LogP contribution is -2.43. The number of carbonyl (C=O) groups is 2. The van der Waals surface area contributed by atoms with Crippen LogP contribution in [0.3, 0.4) is 0 Å². The summed E-state index contributed by atoms with van der Waals surface area (Å²) in [7, 11) is 0. The monoisotopic (exact) mass is 398 g/mol. The summed E-state index contributed by atoms with van der Waals surface area (Å²) in [5.74, 6) is 0.248. The largest absolute Gasteiger partial charge is 0.491 e. The zero-order chi connectivity index (χ0) is 20.8. The van der Waals surface area contributed by atoms with E-state index in [0.717, 1.165) is 11.3 Å². The fraction of sp³-hybridized carbons (Fsp3) is 0.391. The minimum absolute atomic E-state index is 0.00288. The lowest BCUT2D eigenvalue weighted by molar-refractivity contribution is -0.126. The quantitative estimate of drug-likeness (QED) is 0.758. The van der Waals surface area contributed by atoms with Crippen LogP contribution in [0.1, 0.15) is 34.3 Å². The number of hydrogen-bond acceptors (Lipinski definition) is 3. The molecule has 1 saturated heterocycles. The molecule has 0 bridgehead atoms. The van der Waals surface area contributed by atoms with Crippen LogP contribution in [0, 0.1) is 25.6 Å². The topological polar surface area (TPSA) is 58.6 Å². The van der Waals surface area contributed by atoms with E-state index < -0.39 is 0 Å². The van der Waals surface area contributed by atoms with Gasteiger partial charge in [-0.25, -0.2) is 4.39 Å². The first-order valence-corrected chi connectivity index (χ1v) is 9.96. The minimum Gasteiger partial charge on any atom is -0.491 e. The number of carbonyl (C=O) groups excluding carboxylic acids is 2. The van der Waals surface area contributed by atoms with Crippen LogP contribution in [0.15, 0.2) is 42.5 Å². The Hall–Kier alpha value is -2.89. The zero-order valence-corrected chi connectivity index (χ0v) is 16.9. The fourth-order valence-electron chi connectivity index (χ4n) is 3.56. The van der Waals surface area contributed by atoms with Gasteiger partial charge in [0.25, 0.3) is 5.91 Å². The molecule has 0 spiro atoms. The van der Waals surface area contributed by atoms with E-state index in [-0.39, 0.29) is 23.5 Å². The van der Waals surface area contributed by atoms with E-state index in [1.165, 1.54) is 29.8 Å². The maximum atomic E-state index is 13.0. The van der Waals surface area contributed by atoms with Crippen molar-refractivity contribution >= 4 is 11.8 Å². The molecule has 2 amide bonds. The van der Waals surface area contributed by atoms with Crippen LogP contribution in [0.5, 0.6) is 5.75 Å². The average molecular weight is 398 g/mol. The van der Waals surface area contributed by atoms with Gasteiger partial charge >= 0.3 is 0 Å². The molecule has 0 unspecified atom stereocenters. The van der Waals surface area contributed by atoms with Crippen molar-refractivity contribution in [3.63, 3.8) is 0 Å². The predicted molar refractivity (Wildman–Crippen MR) is 109 cm³/mol. The van der Waals surface area contributed by atoms with Crippen LogP contribution < -0.4 is 10.1 Å². The first kappa shape index (κ1) is 20.8. The molecule has 0 aliphatic carbocycles. The molecule has 1 aliphatic heterocycles. The van der Waals surface area contributed by atoms with Gasteiger partial charge in [-0.15, -0.1) is 0 Å². The van der Waals surface area contributed by atoms with Gasteiger partial charge in [0.2, 0.25) is 5.91 Å². The molecule has 1 aliphatic rings. The Morgan fingerprint density at radius 1 is 1.10 bits per heavy atom. The second-order valence-electron chi connectivity index (χ2n) is 7.48. The highest BCUT2D eigenvalue weighted by Gasteiger charge is 2.27. The zero-order valence-electron chi connectivity index (χ0n) is 16.9. The Balaban J connectivity index is 1.39. The highest BCUT2D eigenvalue weighted by atomic mass is 19.1. The van der Waals surface area contributed by atoms with Gasteiger partial charge in [0.15, 0.2) is 0 Å². The van der Waals surface area contributed by atoms with Crippen LogP contribution in [0.25, 0.3) is 0 Å². The Bertz CT molecular complexity index is 859. The summed E-state index contributed by atoms with van der Waals surface area (Å²) < 4.78 is 18.8. The van der Waals surface area contributed by atoms with Gasteiger partial charge in [0.05, 0.1) is 6.54 Å². The third-order valence-electron chi connectivity index (χ3n) is 5.23. The Morgan fingerprint density at radius 2 is 1.79 bits per heavy atom. The van der Waals surface area contributed by atoms with Crippen molar-refractivity contribution in [1.29, 1.82) is 0 Å². The summed E-state index contributed by atoms with van der Waals surface area (Å²) in [5.41, 5.74) is 2.74. The molecule has 154 valence electrons. The van der Waals surface area contributed by atoms with Crippen molar-refractivity contribution in [3.8, 4) is 5.75 Å². The van der Waals surface area contributed by atoms with Crippen molar-refractivity contribution in [1.82, 2.24) is 10.2 Å². The Morgan fingerprint density at radius 3 is 2.45 bits per heavy atom. The summed E-state index contributed by atoms with van der Waals surface area (Å²) in [6.07, 6.45) is 1.24. The van der Waals surface area contributed by atoms with Crippen molar-refractivity contribution in [3.05, 3.63) is 65.0 Å². The van der Waals surface area contributed by atoms with E-state index >= 15 is 0 Å². The molecule has 1 heterocycles. The summed E-state index contributed by atoms with van der Waals surface area (Å²) >= 11 is 0. The molecule has 1 N–H and O–H groups in total. The van der Waals surface area contributed by atoms with Gasteiger partial charge in [0, 0.05) is 24.6 Å². The number of benzene rings is 2. The van der Waals surface area contributed by atoms with E-state index in [2.05, 4.69) is 11.4 Å². The lowest BCUT2D eigenvalue weighted by atomic mass is 9.95. The SMILES string of the molecule is Cc1ccc(OCCNC(=O)C2CCN(C(=O)c3ccc(F)cc3)CC2)c(C)c1. The molecule has 0 atom stereocenters. The van der Waals surface area contributed by atoms with Gasteiger partial charge in [0.1, 0.15) is 18.2 Å². The first-order valence-electron chi connectivity index (χ1n) is 9.96. The number of nitrogens with zero attached hydrogens (tertiary/aromatic N) is 1. The Labute approximate surface area is 170 Å². The number of rotatable bonds is 6. The molecule has 2 aromatic rings. The average Bonchev–Trinajstić information content (AvgIpc) is 2.72.